The van der Waals surface area contributed by atoms with Gasteiger partial charge in [-0.25, -0.2) is 4.39 Å². The molecule has 18 heavy (non-hydrogen) atoms. The molecule has 0 unspecified atom stereocenters. The van der Waals surface area contributed by atoms with Crippen molar-refractivity contribution < 1.29 is 4.39 Å². The van der Waals surface area contributed by atoms with Crippen LogP contribution in [-0.2, 0) is 6.54 Å². The van der Waals surface area contributed by atoms with Gasteiger partial charge in [-0.3, -0.25) is 4.90 Å². The number of hydrogen-bond donors (Lipinski definition) is 1. The summed E-state index contributed by atoms with van der Waals surface area (Å²) in [7, 11) is 0. The van der Waals surface area contributed by atoms with Crippen molar-refractivity contribution in [2.75, 3.05) is 19.6 Å². The first-order valence-electron chi connectivity index (χ1n) is 6.86. The maximum Gasteiger partial charge on any atom is 0.126 e. The summed E-state index contributed by atoms with van der Waals surface area (Å²) in [5, 5.41) is 0. The fourth-order valence-corrected chi connectivity index (χ4v) is 2.66. The highest BCUT2D eigenvalue weighted by atomic mass is 19.1. The van der Waals surface area contributed by atoms with E-state index in [9.17, 15) is 4.39 Å². The first-order chi connectivity index (χ1) is 8.69. The normalized spacial score (nSPS) is 18.2. The molecule has 0 spiro atoms. The van der Waals surface area contributed by atoms with Crippen molar-refractivity contribution in [2.24, 2.45) is 11.7 Å². The van der Waals surface area contributed by atoms with Crippen molar-refractivity contribution in [1.29, 1.82) is 0 Å². The molecule has 3 heteroatoms. The van der Waals surface area contributed by atoms with Crippen LogP contribution >= 0.6 is 0 Å². The van der Waals surface area contributed by atoms with E-state index < -0.39 is 0 Å². The zero-order valence-corrected chi connectivity index (χ0v) is 11.2. The second-order valence-corrected chi connectivity index (χ2v) is 5.38. The minimum Gasteiger partial charge on any atom is -0.330 e. The van der Waals surface area contributed by atoms with Crippen molar-refractivity contribution in [1.82, 2.24) is 4.90 Å². The van der Waals surface area contributed by atoms with Crippen LogP contribution in [0.5, 0.6) is 0 Å². The molecule has 1 aliphatic rings. The van der Waals surface area contributed by atoms with Gasteiger partial charge in [-0.1, -0.05) is 12.1 Å². The van der Waals surface area contributed by atoms with Gasteiger partial charge in [0.1, 0.15) is 5.82 Å². The monoisotopic (exact) mass is 250 g/mol. The van der Waals surface area contributed by atoms with Gasteiger partial charge in [0.15, 0.2) is 0 Å². The summed E-state index contributed by atoms with van der Waals surface area (Å²) in [6.45, 7) is 5.69. The Labute approximate surface area is 109 Å². The molecule has 1 aromatic carbocycles. The Morgan fingerprint density at radius 2 is 2.06 bits per heavy atom. The Morgan fingerprint density at radius 1 is 1.33 bits per heavy atom. The maximum absolute atomic E-state index is 13.5. The standard InChI is InChI=1S/C15H23FN2/c1-12-2-3-14(10-15(12)16)11-18-8-5-13(4-7-17)6-9-18/h2-3,10,13H,4-9,11,17H2,1H3. The first-order valence-corrected chi connectivity index (χ1v) is 6.86. The summed E-state index contributed by atoms with van der Waals surface area (Å²) in [5.41, 5.74) is 7.39. The van der Waals surface area contributed by atoms with Crippen molar-refractivity contribution >= 4 is 0 Å². The molecule has 1 fully saturated rings. The highest BCUT2D eigenvalue weighted by Crippen LogP contribution is 2.21. The van der Waals surface area contributed by atoms with Crippen LogP contribution in [0.15, 0.2) is 18.2 Å². The van der Waals surface area contributed by atoms with Gasteiger partial charge in [0.05, 0.1) is 0 Å². The van der Waals surface area contributed by atoms with Gasteiger partial charge < -0.3 is 5.73 Å². The van der Waals surface area contributed by atoms with Gasteiger partial charge in [0.25, 0.3) is 0 Å². The largest absolute Gasteiger partial charge is 0.330 e. The van der Waals surface area contributed by atoms with Crippen LogP contribution in [0.4, 0.5) is 4.39 Å². The lowest BCUT2D eigenvalue weighted by Gasteiger charge is -2.31. The highest BCUT2D eigenvalue weighted by Gasteiger charge is 2.18. The van der Waals surface area contributed by atoms with Crippen molar-refractivity contribution in [2.45, 2.75) is 32.7 Å². The maximum atomic E-state index is 13.5. The van der Waals surface area contributed by atoms with E-state index in [2.05, 4.69) is 4.90 Å². The molecule has 0 saturated carbocycles. The van der Waals surface area contributed by atoms with E-state index in [1.54, 1.807) is 13.0 Å². The van der Waals surface area contributed by atoms with E-state index >= 15 is 0 Å². The van der Waals surface area contributed by atoms with E-state index in [1.165, 1.54) is 12.8 Å². The van der Waals surface area contributed by atoms with Gasteiger partial charge >= 0.3 is 0 Å². The molecule has 1 saturated heterocycles. The molecule has 0 bridgehead atoms. The van der Waals surface area contributed by atoms with Crippen LogP contribution in [0.1, 0.15) is 30.4 Å². The smallest absolute Gasteiger partial charge is 0.126 e. The second-order valence-electron chi connectivity index (χ2n) is 5.38. The van der Waals surface area contributed by atoms with Crippen LogP contribution in [0.2, 0.25) is 0 Å². The Bertz CT molecular complexity index is 384. The quantitative estimate of drug-likeness (QED) is 0.890. The lowest BCUT2D eigenvalue weighted by atomic mass is 9.93. The second kappa shape index (κ2) is 6.30. The SMILES string of the molecule is Cc1ccc(CN2CCC(CCN)CC2)cc1F. The van der Waals surface area contributed by atoms with Gasteiger partial charge in [0, 0.05) is 6.54 Å². The molecule has 0 atom stereocenters. The molecule has 0 aliphatic carbocycles. The van der Waals surface area contributed by atoms with E-state index in [-0.39, 0.29) is 5.82 Å². The fraction of sp³-hybridized carbons (Fsp3) is 0.600. The van der Waals surface area contributed by atoms with Crippen molar-refractivity contribution in [3.8, 4) is 0 Å². The topological polar surface area (TPSA) is 29.3 Å². The number of piperidine rings is 1. The highest BCUT2D eigenvalue weighted by molar-refractivity contribution is 5.23. The third kappa shape index (κ3) is 3.53. The Balaban J connectivity index is 1.85. The van der Waals surface area contributed by atoms with Crippen LogP contribution in [0, 0.1) is 18.7 Å². The third-order valence-electron chi connectivity index (χ3n) is 3.92. The number of nitrogens with two attached hydrogens (primary N) is 1. The third-order valence-corrected chi connectivity index (χ3v) is 3.92. The average molecular weight is 250 g/mol. The zero-order chi connectivity index (χ0) is 13.0. The molecule has 0 aromatic heterocycles. The molecule has 1 aromatic rings. The number of nitrogens with zero attached hydrogens (tertiary/aromatic N) is 1. The zero-order valence-electron chi connectivity index (χ0n) is 11.2. The average Bonchev–Trinajstić information content (AvgIpc) is 2.37. The molecule has 0 amide bonds. The number of aryl methyl sites for hydroxylation is 1. The fourth-order valence-electron chi connectivity index (χ4n) is 2.66. The van der Waals surface area contributed by atoms with Crippen LogP contribution in [-0.4, -0.2) is 24.5 Å². The minimum absolute atomic E-state index is 0.0921. The first kappa shape index (κ1) is 13.5. The molecular weight excluding hydrogens is 227 g/mol. The summed E-state index contributed by atoms with van der Waals surface area (Å²) in [6, 6.07) is 5.57. The molecule has 1 aliphatic heterocycles. The van der Waals surface area contributed by atoms with Gasteiger partial charge in [-0.15, -0.1) is 0 Å². The van der Waals surface area contributed by atoms with Gasteiger partial charge in [-0.05, 0) is 68.9 Å². The summed E-state index contributed by atoms with van der Waals surface area (Å²) in [5.74, 6) is 0.700. The lowest BCUT2D eigenvalue weighted by molar-refractivity contribution is 0.173. The Hall–Kier alpha value is -0.930. The van der Waals surface area contributed by atoms with E-state index in [4.69, 9.17) is 5.73 Å². The summed E-state index contributed by atoms with van der Waals surface area (Å²) in [4.78, 5) is 2.41. The lowest BCUT2D eigenvalue weighted by Crippen LogP contribution is -2.33. The summed E-state index contributed by atoms with van der Waals surface area (Å²) >= 11 is 0. The van der Waals surface area contributed by atoms with Gasteiger partial charge in [-0.2, -0.15) is 0 Å². The predicted molar refractivity (Wildman–Crippen MR) is 72.8 cm³/mol. The molecule has 2 rings (SSSR count). The van der Waals surface area contributed by atoms with Crippen LogP contribution in [0.3, 0.4) is 0 Å². The van der Waals surface area contributed by atoms with Crippen LogP contribution < -0.4 is 5.73 Å². The number of halogens is 1. The Kier molecular flexibility index (Phi) is 4.72. The number of hydrogen-bond acceptors (Lipinski definition) is 2. The molecule has 2 nitrogen and oxygen atoms in total. The number of likely N-dealkylation sites (tertiary alicyclic amines) is 1. The molecule has 100 valence electrons. The molecule has 1 heterocycles. The predicted octanol–water partition coefficient (Wildman–Crippen LogP) is 2.69. The van der Waals surface area contributed by atoms with E-state index in [0.29, 0.717) is 0 Å². The molecule has 2 N–H and O–H groups in total. The minimum atomic E-state index is -0.0921. The van der Waals surface area contributed by atoms with Crippen molar-refractivity contribution in [3.63, 3.8) is 0 Å². The van der Waals surface area contributed by atoms with Gasteiger partial charge in [0.2, 0.25) is 0 Å². The summed E-state index contributed by atoms with van der Waals surface area (Å²) < 4.78 is 13.5. The van der Waals surface area contributed by atoms with Crippen molar-refractivity contribution in [3.05, 3.63) is 35.1 Å². The number of benzene rings is 1. The van der Waals surface area contributed by atoms with E-state index in [1.807, 2.05) is 12.1 Å². The molecular formula is C15H23FN2. The Morgan fingerprint density at radius 3 is 2.67 bits per heavy atom. The molecule has 0 radical (unpaired) electrons. The number of rotatable bonds is 4. The van der Waals surface area contributed by atoms with E-state index in [0.717, 1.165) is 49.6 Å². The summed E-state index contributed by atoms with van der Waals surface area (Å²) in [6.07, 6.45) is 3.60. The van der Waals surface area contributed by atoms with Crippen LogP contribution in [0.25, 0.3) is 0 Å².